The van der Waals surface area contributed by atoms with E-state index in [9.17, 15) is 0 Å². The van der Waals surface area contributed by atoms with Gasteiger partial charge in [-0.25, -0.2) is 9.97 Å². The highest BCUT2D eigenvalue weighted by Gasteiger charge is 2.11. The summed E-state index contributed by atoms with van der Waals surface area (Å²) in [6, 6.07) is -0.182. The highest BCUT2D eigenvalue weighted by atomic mass is 15.2. The van der Waals surface area contributed by atoms with Gasteiger partial charge < -0.3 is 10.3 Å². The van der Waals surface area contributed by atoms with Crippen LogP contribution in [0.15, 0.2) is 18.7 Å². The first-order valence-corrected chi connectivity index (χ1v) is 4.34. The Morgan fingerprint density at radius 1 is 1.57 bits per heavy atom. The summed E-state index contributed by atoms with van der Waals surface area (Å²) in [4.78, 5) is 8.18. The Kier molecular flexibility index (Phi) is 2.28. The third kappa shape index (κ3) is 1.64. The molecule has 1 unspecified atom stereocenters. The third-order valence-corrected chi connectivity index (χ3v) is 2.11. The van der Waals surface area contributed by atoms with Gasteiger partial charge in [-0.2, -0.15) is 5.10 Å². The number of H-pyrrole nitrogens is 1. The Labute approximate surface area is 81.2 Å². The van der Waals surface area contributed by atoms with Crippen molar-refractivity contribution in [3.05, 3.63) is 30.4 Å². The number of nitrogens with zero attached hydrogens (tertiary/aromatic N) is 4. The number of aromatic nitrogens is 5. The SMILES string of the molecule is Cn1ccnc1CC(N)c1ncn[nH]1. The first-order chi connectivity index (χ1) is 6.77. The molecule has 14 heavy (non-hydrogen) atoms. The van der Waals surface area contributed by atoms with Crippen molar-refractivity contribution in [3.63, 3.8) is 0 Å². The van der Waals surface area contributed by atoms with Gasteiger partial charge >= 0.3 is 0 Å². The van der Waals surface area contributed by atoms with Gasteiger partial charge in [0.15, 0.2) is 0 Å². The van der Waals surface area contributed by atoms with E-state index in [0.717, 1.165) is 5.82 Å². The van der Waals surface area contributed by atoms with Crippen LogP contribution in [0.4, 0.5) is 0 Å². The molecule has 1 atom stereocenters. The summed E-state index contributed by atoms with van der Waals surface area (Å²) in [5, 5.41) is 6.50. The molecule has 2 rings (SSSR count). The lowest BCUT2D eigenvalue weighted by atomic mass is 10.2. The van der Waals surface area contributed by atoms with Gasteiger partial charge in [-0.1, -0.05) is 0 Å². The van der Waals surface area contributed by atoms with E-state index in [0.29, 0.717) is 12.2 Å². The van der Waals surface area contributed by atoms with Crippen molar-refractivity contribution < 1.29 is 0 Å². The molecule has 0 aliphatic carbocycles. The molecule has 0 bridgehead atoms. The van der Waals surface area contributed by atoms with Crippen molar-refractivity contribution in [2.45, 2.75) is 12.5 Å². The van der Waals surface area contributed by atoms with E-state index in [4.69, 9.17) is 5.73 Å². The first kappa shape index (κ1) is 8.89. The minimum absolute atomic E-state index is 0.182. The van der Waals surface area contributed by atoms with Crippen molar-refractivity contribution in [1.29, 1.82) is 0 Å². The second kappa shape index (κ2) is 3.59. The topological polar surface area (TPSA) is 85.4 Å². The van der Waals surface area contributed by atoms with Crippen molar-refractivity contribution in [1.82, 2.24) is 24.7 Å². The summed E-state index contributed by atoms with van der Waals surface area (Å²) in [5.74, 6) is 1.63. The number of aryl methyl sites for hydroxylation is 1. The van der Waals surface area contributed by atoms with Gasteiger partial charge in [0, 0.05) is 25.9 Å². The first-order valence-electron chi connectivity index (χ1n) is 4.34. The second-order valence-electron chi connectivity index (χ2n) is 3.14. The molecule has 2 aromatic heterocycles. The van der Waals surface area contributed by atoms with E-state index in [1.54, 1.807) is 6.20 Å². The maximum absolute atomic E-state index is 5.91. The van der Waals surface area contributed by atoms with Crippen LogP contribution < -0.4 is 5.73 Å². The molecule has 0 fully saturated rings. The number of nitrogens with two attached hydrogens (primary N) is 1. The number of nitrogens with one attached hydrogen (secondary N) is 1. The van der Waals surface area contributed by atoms with Gasteiger partial charge in [-0.05, 0) is 0 Å². The van der Waals surface area contributed by atoms with Crippen molar-refractivity contribution in [3.8, 4) is 0 Å². The normalized spacial score (nSPS) is 13.0. The molecule has 0 aromatic carbocycles. The van der Waals surface area contributed by atoms with E-state index in [2.05, 4.69) is 20.2 Å². The quantitative estimate of drug-likeness (QED) is 0.704. The van der Waals surface area contributed by atoms with E-state index in [1.807, 2.05) is 17.8 Å². The molecule has 0 saturated heterocycles. The molecule has 0 amide bonds. The minimum atomic E-state index is -0.182. The molecule has 0 saturated carbocycles. The summed E-state index contributed by atoms with van der Waals surface area (Å²) in [7, 11) is 1.94. The summed E-state index contributed by atoms with van der Waals surface area (Å²) in [6.45, 7) is 0. The summed E-state index contributed by atoms with van der Waals surface area (Å²) in [6.07, 6.45) is 5.75. The van der Waals surface area contributed by atoms with Gasteiger partial charge in [0.05, 0.1) is 6.04 Å². The monoisotopic (exact) mass is 192 g/mol. The summed E-state index contributed by atoms with van der Waals surface area (Å²) >= 11 is 0. The fourth-order valence-corrected chi connectivity index (χ4v) is 1.28. The number of hydrogen-bond acceptors (Lipinski definition) is 4. The predicted octanol–water partition coefficient (Wildman–Crippen LogP) is -0.219. The average Bonchev–Trinajstić information content (AvgIpc) is 2.77. The zero-order valence-corrected chi connectivity index (χ0v) is 7.88. The van der Waals surface area contributed by atoms with Crippen molar-refractivity contribution in [2.24, 2.45) is 12.8 Å². The predicted molar refractivity (Wildman–Crippen MR) is 50.2 cm³/mol. The number of aromatic amines is 1. The highest BCUT2D eigenvalue weighted by molar-refractivity contribution is 4.99. The molecule has 0 aliphatic rings. The van der Waals surface area contributed by atoms with E-state index < -0.39 is 0 Å². The average molecular weight is 192 g/mol. The lowest BCUT2D eigenvalue weighted by Gasteiger charge is -2.07. The summed E-state index contributed by atoms with van der Waals surface area (Å²) < 4.78 is 1.94. The van der Waals surface area contributed by atoms with Gasteiger partial charge in [-0.3, -0.25) is 5.10 Å². The fourth-order valence-electron chi connectivity index (χ4n) is 1.28. The Hall–Kier alpha value is -1.69. The van der Waals surface area contributed by atoms with E-state index in [1.165, 1.54) is 6.33 Å². The molecule has 2 heterocycles. The maximum Gasteiger partial charge on any atom is 0.141 e. The van der Waals surface area contributed by atoms with Crippen LogP contribution in [0.25, 0.3) is 0 Å². The van der Waals surface area contributed by atoms with E-state index in [-0.39, 0.29) is 6.04 Å². The zero-order valence-electron chi connectivity index (χ0n) is 7.88. The lowest BCUT2D eigenvalue weighted by Crippen LogP contribution is -2.17. The van der Waals surface area contributed by atoms with Crippen molar-refractivity contribution in [2.75, 3.05) is 0 Å². The molecule has 2 aromatic rings. The third-order valence-electron chi connectivity index (χ3n) is 2.11. The van der Waals surface area contributed by atoms with Crippen LogP contribution >= 0.6 is 0 Å². The Morgan fingerprint density at radius 2 is 2.43 bits per heavy atom. The molecule has 74 valence electrons. The van der Waals surface area contributed by atoms with Crippen LogP contribution in [0.3, 0.4) is 0 Å². The van der Waals surface area contributed by atoms with Crippen LogP contribution in [-0.4, -0.2) is 24.7 Å². The van der Waals surface area contributed by atoms with Crippen LogP contribution in [0.5, 0.6) is 0 Å². The summed E-state index contributed by atoms with van der Waals surface area (Å²) in [5.41, 5.74) is 5.91. The standard InChI is InChI=1S/C8H12N6/c1-14-3-2-10-7(14)4-6(9)8-11-5-12-13-8/h2-3,5-6H,4,9H2,1H3,(H,11,12,13). The largest absolute Gasteiger partial charge is 0.338 e. The number of rotatable bonds is 3. The second-order valence-corrected chi connectivity index (χ2v) is 3.14. The number of hydrogen-bond donors (Lipinski definition) is 2. The smallest absolute Gasteiger partial charge is 0.141 e. The lowest BCUT2D eigenvalue weighted by molar-refractivity contribution is 0.626. The molecule has 0 aliphatic heterocycles. The Morgan fingerprint density at radius 3 is 3.00 bits per heavy atom. The van der Waals surface area contributed by atoms with Crippen molar-refractivity contribution >= 4 is 0 Å². The highest BCUT2D eigenvalue weighted by Crippen LogP contribution is 2.09. The molecule has 6 heteroatoms. The Balaban J connectivity index is 2.09. The van der Waals surface area contributed by atoms with Gasteiger partial charge in [0.25, 0.3) is 0 Å². The van der Waals surface area contributed by atoms with Crippen LogP contribution in [0, 0.1) is 0 Å². The molecular formula is C8H12N6. The molecule has 6 nitrogen and oxygen atoms in total. The van der Waals surface area contributed by atoms with Gasteiger partial charge in [0.2, 0.25) is 0 Å². The van der Waals surface area contributed by atoms with Gasteiger partial charge in [0.1, 0.15) is 18.0 Å². The minimum Gasteiger partial charge on any atom is -0.338 e. The van der Waals surface area contributed by atoms with Crippen LogP contribution in [0.2, 0.25) is 0 Å². The molecule has 3 N–H and O–H groups in total. The maximum atomic E-state index is 5.91. The fraction of sp³-hybridized carbons (Fsp3) is 0.375. The van der Waals surface area contributed by atoms with Crippen LogP contribution in [-0.2, 0) is 13.5 Å². The van der Waals surface area contributed by atoms with Crippen LogP contribution in [0.1, 0.15) is 17.7 Å². The molecule has 0 radical (unpaired) electrons. The molecule has 0 spiro atoms. The van der Waals surface area contributed by atoms with Gasteiger partial charge in [-0.15, -0.1) is 0 Å². The number of imidazole rings is 1. The Bertz CT molecular complexity index is 390. The van der Waals surface area contributed by atoms with E-state index >= 15 is 0 Å². The zero-order chi connectivity index (χ0) is 9.97. The molecular weight excluding hydrogens is 180 g/mol.